The number of fused-ring (bicyclic) bond motifs is 1. The maximum atomic E-state index is 12.7. The molecule has 1 aliphatic carbocycles. The van der Waals surface area contributed by atoms with Gasteiger partial charge in [-0.15, -0.1) is 4.72 Å². The molecule has 28 heavy (non-hydrogen) atoms. The predicted molar refractivity (Wildman–Crippen MR) is 115 cm³/mol. The summed E-state index contributed by atoms with van der Waals surface area (Å²) < 4.78 is 18.1. The van der Waals surface area contributed by atoms with Crippen molar-refractivity contribution in [3.63, 3.8) is 0 Å². The van der Waals surface area contributed by atoms with Crippen LogP contribution in [0.1, 0.15) is 64.1 Å². The third-order valence-corrected chi connectivity index (χ3v) is 8.37. The van der Waals surface area contributed by atoms with Crippen molar-refractivity contribution in [2.24, 2.45) is 5.41 Å². The highest BCUT2D eigenvalue weighted by Crippen LogP contribution is 2.47. The number of aryl methyl sites for hydroxylation is 2. The fourth-order valence-electron chi connectivity index (χ4n) is 4.79. The van der Waals surface area contributed by atoms with Crippen molar-refractivity contribution in [2.45, 2.75) is 77.5 Å². The second kappa shape index (κ2) is 7.18. The van der Waals surface area contributed by atoms with Gasteiger partial charge in [0.25, 0.3) is 0 Å². The lowest BCUT2D eigenvalue weighted by Gasteiger charge is -2.44. The molecule has 1 N–H and O–H groups in total. The fraction of sp³-hybridized carbons (Fsp3) is 0.714. The van der Waals surface area contributed by atoms with Crippen molar-refractivity contribution in [3.05, 3.63) is 23.7 Å². The fourth-order valence-corrected chi connectivity index (χ4v) is 5.77. The van der Waals surface area contributed by atoms with E-state index in [4.69, 9.17) is 4.98 Å². The molecule has 154 valence electrons. The van der Waals surface area contributed by atoms with E-state index in [2.05, 4.69) is 32.9 Å². The molecular weight excluding hydrogens is 370 g/mol. The molecule has 2 atom stereocenters. The monoisotopic (exact) mass is 403 g/mol. The number of hydrogen-bond donors (Lipinski definition) is 1. The molecule has 1 saturated carbocycles. The highest BCUT2D eigenvalue weighted by molar-refractivity contribution is 7.90. The summed E-state index contributed by atoms with van der Waals surface area (Å²) in [5.74, 6) is 1.01. The molecule has 7 heteroatoms. The van der Waals surface area contributed by atoms with Crippen molar-refractivity contribution in [1.82, 2.24) is 19.1 Å². The van der Waals surface area contributed by atoms with E-state index in [1.807, 2.05) is 33.2 Å². The van der Waals surface area contributed by atoms with E-state index in [1.54, 1.807) is 0 Å². The van der Waals surface area contributed by atoms with Crippen LogP contribution in [0.5, 0.6) is 0 Å². The molecule has 1 aliphatic heterocycles. The van der Waals surface area contributed by atoms with Crippen LogP contribution in [0.3, 0.4) is 0 Å². The van der Waals surface area contributed by atoms with Gasteiger partial charge in [0.05, 0.1) is 6.04 Å². The second-order valence-electron chi connectivity index (χ2n) is 9.54. The second-order valence-corrected chi connectivity index (χ2v) is 11.5. The van der Waals surface area contributed by atoms with E-state index < -0.39 is 11.4 Å². The Morgan fingerprint density at radius 3 is 2.61 bits per heavy atom. The first-order valence-corrected chi connectivity index (χ1v) is 11.6. The highest BCUT2D eigenvalue weighted by atomic mass is 32.2. The van der Waals surface area contributed by atoms with Gasteiger partial charge >= 0.3 is 0 Å². The molecule has 2 aromatic rings. The van der Waals surface area contributed by atoms with Crippen molar-refractivity contribution in [3.8, 4) is 0 Å². The summed E-state index contributed by atoms with van der Waals surface area (Å²) >= 11 is -1.01. The molecule has 3 heterocycles. The third kappa shape index (κ3) is 3.42. The number of nitrogens with zero attached hydrogens (tertiary/aromatic N) is 4. The minimum Gasteiger partial charge on any atom is -0.598 e. The van der Waals surface area contributed by atoms with Gasteiger partial charge in [0, 0.05) is 48.1 Å². The molecule has 4 rings (SSSR count). The van der Waals surface area contributed by atoms with Crippen LogP contribution in [0.25, 0.3) is 5.65 Å². The molecule has 2 aliphatic rings. The van der Waals surface area contributed by atoms with E-state index in [-0.39, 0.29) is 10.2 Å². The van der Waals surface area contributed by atoms with Gasteiger partial charge < -0.3 is 9.45 Å². The van der Waals surface area contributed by atoms with E-state index >= 15 is 0 Å². The molecule has 0 radical (unpaired) electrons. The van der Waals surface area contributed by atoms with Crippen molar-refractivity contribution in [1.29, 1.82) is 0 Å². The molecule has 0 bridgehead atoms. The summed E-state index contributed by atoms with van der Waals surface area (Å²) in [6, 6.07) is 0.357. The zero-order valence-electron chi connectivity index (χ0n) is 17.8. The molecule has 1 saturated heterocycles. The Bertz CT molecular complexity index is 850. The first-order chi connectivity index (χ1) is 13.2. The third-order valence-electron chi connectivity index (χ3n) is 6.76. The molecular formula is C21H33N5OS. The van der Waals surface area contributed by atoms with Crippen LogP contribution in [0, 0.1) is 19.3 Å². The van der Waals surface area contributed by atoms with Gasteiger partial charge in [0.2, 0.25) is 5.95 Å². The molecule has 6 nitrogen and oxygen atoms in total. The Kier molecular flexibility index (Phi) is 5.13. The van der Waals surface area contributed by atoms with E-state index in [0.717, 1.165) is 55.2 Å². The Morgan fingerprint density at radius 1 is 1.21 bits per heavy atom. The van der Waals surface area contributed by atoms with Gasteiger partial charge in [0.1, 0.15) is 10.4 Å². The number of rotatable bonds is 3. The summed E-state index contributed by atoms with van der Waals surface area (Å²) in [7, 11) is 0. The lowest BCUT2D eigenvalue weighted by atomic mass is 9.74. The quantitative estimate of drug-likeness (QED) is 0.794. The largest absolute Gasteiger partial charge is 0.598 e. The average molecular weight is 404 g/mol. The predicted octanol–water partition coefficient (Wildman–Crippen LogP) is 3.54. The van der Waals surface area contributed by atoms with Gasteiger partial charge in [-0.1, -0.05) is 6.42 Å². The maximum Gasteiger partial charge on any atom is 0.211 e. The number of piperidine rings is 1. The van der Waals surface area contributed by atoms with Gasteiger partial charge in [-0.3, -0.25) is 4.40 Å². The van der Waals surface area contributed by atoms with Gasteiger partial charge in [-0.25, -0.2) is 9.97 Å². The number of aromatic nitrogens is 3. The first kappa shape index (κ1) is 20.0. The smallest absolute Gasteiger partial charge is 0.211 e. The topological polar surface area (TPSA) is 68.5 Å². The normalized spacial score (nSPS) is 23.6. The summed E-state index contributed by atoms with van der Waals surface area (Å²) in [4.78, 5) is 11.8. The first-order valence-electron chi connectivity index (χ1n) is 10.4. The van der Waals surface area contributed by atoms with Crippen LogP contribution in [-0.4, -0.2) is 42.8 Å². The Balaban J connectivity index is 1.52. The van der Waals surface area contributed by atoms with Crippen molar-refractivity contribution < 1.29 is 4.55 Å². The van der Waals surface area contributed by atoms with Crippen LogP contribution in [0.15, 0.2) is 12.4 Å². The standard InChI is InChI=1S/C21H33N5OS/c1-15-16(2)23-19(26-14-11-22-18(15)26)25-12-9-21(10-13-25)8-6-7-17(21)24-28(27)20(3,4)5/h11,14,17,24H,6-10,12-13H2,1-5H3/t17-,28?/m1/s1. The van der Waals surface area contributed by atoms with Crippen LogP contribution in [0.2, 0.25) is 0 Å². The lowest BCUT2D eigenvalue weighted by Crippen LogP contribution is -2.53. The maximum absolute atomic E-state index is 12.7. The Labute approximate surface area is 171 Å². The summed E-state index contributed by atoms with van der Waals surface area (Å²) in [6.45, 7) is 12.3. The summed E-state index contributed by atoms with van der Waals surface area (Å²) in [5, 5.41) is 0. The molecule has 2 fully saturated rings. The van der Waals surface area contributed by atoms with Gasteiger partial charge in [0.15, 0.2) is 0 Å². The minimum atomic E-state index is -1.01. The zero-order chi connectivity index (χ0) is 20.1. The number of imidazole rings is 1. The lowest BCUT2D eigenvalue weighted by molar-refractivity contribution is 0.186. The van der Waals surface area contributed by atoms with Crippen LogP contribution in [0.4, 0.5) is 5.95 Å². The van der Waals surface area contributed by atoms with Gasteiger partial charge in [-0.2, -0.15) is 0 Å². The summed E-state index contributed by atoms with van der Waals surface area (Å²) in [6.07, 6.45) is 9.72. The SMILES string of the molecule is Cc1nc(N2CCC3(CCC[C@H]3N[S+]([O-])C(C)(C)C)CC2)n2ccnc2c1C. The average Bonchev–Trinajstić information content (AvgIpc) is 3.27. The Morgan fingerprint density at radius 2 is 1.93 bits per heavy atom. The minimum absolute atomic E-state index is 0.221. The van der Waals surface area contributed by atoms with Gasteiger partial charge in [-0.05, 0) is 65.7 Å². The molecule has 2 aromatic heterocycles. The van der Waals surface area contributed by atoms with E-state index in [1.165, 1.54) is 12.8 Å². The number of anilines is 1. The van der Waals surface area contributed by atoms with E-state index in [9.17, 15) is 4.55 Å². The van der Waals surface area contributed by atoms with Crippen molar-refractivity contribution in [2.75, 3.05) is 18.0 Å². The van der Waals surface area contributed by atoms with E-state index in [0.29, 0.717) is 6.04 Å². The molecule has 1 unspecified atom stereocenters. The molecule has 0 amide bonds. The van der Waals surface area contributed by atoms with Crippen LogP contribution >= 0.6 is 0 Å². The molecule has 1 spiro atoms. The zero-order valence-corrected chi connectivity index (χ0v) is 18.6. The molecule has 0 aromatic carbocycles. The van der Waals surface area contributed by atoms with Crippen molar-refractivity contribution >= 4 is 23.0 Å². The Hall–Kier alpha value is -1.31. The van der Waals surface area contributed by atoms with Crippen LogP contribution < -0.4 is 9.62 Å². The van der Waals surface area contributed by atoms with Crippen LogP contribution in [-0.2, 0) is 11.4 Å². The summed E-state index contributed by atoms with van der Waals surface area (Å²) in [5.41, 5.74) is 3.47. The highest BCUT2D eigenvalue weighted by Gasteiger charge is 2.48. The number of nitrogens with one attached hydrogen (secondary N) is 1. The number of hydrogen-bond acceptors (Lipinski definition) is 5.